The Morgan fingerprint density at radius 3 is 3.11 bits per heavy atom. The molecule has 0 aliphatic carbocycles. The number of rotatable bonds is 0. The van der Waals surface area contributed by atoms with Gasteiger partial charge >= 0.3 is 0 Å². The Morgan fingerprint density at radius 1 is 1.33 bits per heavy atom. The second-order valence-corrected chi connectivity index (χ2v) is 2.89. The Hall–Kier alpha value is -0.300. The summed E-state index contributed by atoms with van der Waals surface area (Å²) >= 11 is 0. The van der Waals surface area contributed by atoms with E-state index in [0.29, 0.717) is 12.2 Å². The summed E-state index contributed by atoms with van der Waals surface area (Å²) in [5, 5.41) is 0. The first-order valence-corrected chi connectivity index (χ1v) is 3.77. The van der Waals surface area contributed by atoms with Gasteiger partial charge in [-0.2, -0.15) is 0 Å². The molecule has 0 saturated carbocycles. The highest BCUT2D eigenvalue weighted by Gasteiger charge is 2.22. The predicted molar refractivity (Wildman–Crippen MR) is 36.3 cm³/mol. The van der Waals surface area contributed by atoms with E-state index in [4.69, 9.17) is 4.74 Å². The maximum Gasteiger partial charge on any atom is 0.0759 e. The Bertz CT molecular complexity index is 129. The lowest BCUT2D eigenvalue weighted by atomic mass is 9.97. The SMILES string of the molecule is C1=CC2CCC[C@@H](C1)O2. The maximum atomic E-state index is 5.64. The molecule has 0 aromatic rings. The highest BCUT2D eigenvalue weighted by atomic mass is 16.5. The first-order chi connectivity index (χ1) is 4.45. The molecule has 0 radical (unpaired) electrons. The normalized spacial score (nSPS) is 40.9. The third-order valence-electron chi connectivity index (χ3n) is 2.13. The van der Waals surface area contributed by atoms with Crippen molar-refractivity contribution in [3.05, 3.63) is 12.2 Å². The number of hydrogen-bond acceptors (Lipinski definition) is 1. The van der Waals surface area contributed by atoms with Crippen molar-refractivity contribution in [2.45, 2.75) is 37.9 Å². The first kappa shape index (κ1) is 5.48. The molecule has 50 valence electrons. The van der Waals surface area contributed by atoms with Crippen LogP contribution < -0.4 is 0 Å². The standard InChI is InChI=1S/C8H12O/c1-3-7-5-2-6-8(4-1)9-7/h1,3,7-8H,2,4-6H2/t7?,8-/m1/s1. The van der Waals surface area contributed by atoms with Gasteiger partial charge < -0.3 is 4.74 Å². The zero-order valence-electron chi connectivity index (χ0n) is 5.55. The van der Waals surface area contributed by atoms with Crippen molar-refractivity contribution in [2.75, 3.05) is 0 Å². The van der Waals surface area contributed by atoms with E-state index in [9.17, 15) is 0 Å². The van der Waals surface area contributed by atoms with Crippen LogP contribution in [0.15, 0.2) is 12.2 Å². The fourth-order valence-corrected chi connectivity index (χ4v) is 1.63. The van der Waals surface area contributed by atoms with E-state index in [0.717, 1.165) is 6.42 Å². The van der Waals surface area contributed by atoms with Crippen LogP contribution in [0.25, 0.3) is 0 Å². The Kier molecular flexibility index (Phi) is 1.31. The van der Waals surface area contributed by atoms with Crippen LogP contribution in [0.5, 0.6) is 0 Å². The Balaban J connectivity index is 2.09. The van der Waals surface area contributed by atoms with Crippen molar-refractivity contribution in [1.29, 1.82) is 0 Å². The molecule has 1 saturated heterocycles. The average Bonchev–Trinajstić information content (AvgIpc) is 1.88. The maximum absolute atomic E-state index is 5.64. The van der Waals surface area contributed by atoms with Crippen molar-refractivity contribution in [3.63, 3.8) is 0 Å². The van der Waals surface area contributed by atoms with E-state index in [1.165, 1.54) is 19.3 Å². The average molecular weight is 124 g/mol. The molecule has 0 N–H and O–H groups in total. The molecule has 9 heavy (non-hydrogen) atoms. The topological polar surface area (TPSA) is 9.23 Å². The molecule has 1 fully saturated rings. The van der Waals surface area contributed by atoms with Gasteiger partial charge in [-0.1, -0.05) is 12.2 Å². The number of ether oxygens (including phenoxy) is 1. The molecule has 2 atom stereocenters. The van der Waals surface area contributed by atoms with E-state index in [1.807, 2.05) is 0 Å². The van der Waals surface area contributed by atoms with Gasteiger partial charge in [0.1, 0.15) is 0 Å². The minimum absolute atomic E-state index is 0.470. The third kappa shape index (κ3) is 1.01. The lowest BCUT2D eigenvalue weighted by Crippen LogP contribution is -2.28. The van der Waals surface area contributed by atoms with Gasteiger partial charge in [0.25, 0.3) is 0 Å². The highest BCUT2D eigenvalue weighted by molar-refractivity contribution is 4.98. The number of fused-ring (bicyclic) bond motifs is 2. The van der Waals surface area contributed by atoms with Gasteiger partial charge in [0.05, 0.1) is 12.2 Å². The van der Waals surface area contributed by atoms with Crippen LogP contribution >= 0.6 is 0 Å². The lowest BCUT2D eigenvalue weighted by Gasteiger charge is -2.30. The minimum atomic E-state index is 0.470. The van der Waals surface area contributed by atoms with Gasteiger partial charge in [0.2, 0.25) is 0 Å². The second kappa shape index (κ2) is 2.14. The van der Waals surface area contributed by atoms with E-state index >= 15 is 0 Å². The summed E-state index contributed by atoms with van der Waals surface area (Å²) in [6.45, 7) is 0. The van der Waals surface area contributed by atoms with E-state index in [-0.39, 0.29) is 0 Å². The van der Waals surface area contributed by atoms with Gasteiger partial charge in [-0.05, 0) is 25.7 Å². The summed E-state index contributed by atoms with van der Waals surface area (Å²) in [6, 6.07) is 0. The van der Waals surface area contributed by atoms with Crippen molar-refractivity contribution >= 4 is 0 Å². The summed E-state index contributed by atoms with van der Waals surface area (Å²) in [6.07, 6.45) is 10.5. The minimum Gasteiger partial charge on any atom is -0.371 e. The van der Waals surface area contributed by atoms with Crippen LogP contribution in [-0.4, -0.2) is 12.2 Å². The summed E-state index contributed by atoms with van der Waals surface area (Å²) < 4.78 is 5.64. The lowest BCUT2D eigenvalue weighted by molar-refractivity contribution is -0.0309. The van der Waals surface area contributed by atoms with Gasteiger partial charge in [-0.25, -0.2) is 0 Å². The Morgan fingerprint density at radius 2 is 2.33 bits per heavy atom. The molecular formula is C8H12O. The van der Waals surface area contributed by atoms with E-state index in [1.54, 1.807) is 0 Å². The van der Waals surface area contributed by atoms with Crippen molar-refractivity contribution in [2.24, 2.45) is 0 Å². The summed E-state index contributed by atoms with van der Waals surface area (Å²) in [5.41, 5.74) is 0. The molecule has 2 heterocycles. The molecule has 2 aliphatic heterocycles. The van der Waals surface area contributed by atoms with E-state index in [2.05, 4.69) is 12.2 Å². The third-order valence-corrected chi connectivity index (χ3v) is 2.13. The van der Waals surface area contributed by atoms with Crippen LogP contribution in [0.2, 0.25) is 0 Å². The monoisotopic (exact) mass is 124 g/mol. The molecule has 2 aliphatic rings. The molecule has 0 amide bonds. The van der Waals surface area contributed by atoms with Crippen LogP contribution in [0.1, 0.15) is 25.7 Å². The molecule has 0 aromatic carbocycles. The van der Waals surface area contributed by atoms with Crippen LogP contribution in [0.3, 0.4) is 0 Å². The highest BCUT2D eigenvalue weighted by Crippen LogP contribution is 2.25. The zero-order chi connectivity index (χ0) is 6.10. The molecule has 0 aromatic heterocycles. The van der Waals surface area contributed by atoms with Gasteiger partial charge in [-0.15, -0.1) is 0 Å². The van der Waals surface area contributed by atoms with Gasteiger partial charge in [-0.3, -0.25) is 0 Å². The molecule has 0 spiro atoms. The fraction of sp³-hybridized carbons (Fsp3) is 0.750. The van der Waals surface area contributed by atoms with Crippen molar-refractivity contribution in [1.82, 2.24) is 0 Å². The quantitative estimate of drug-likeness (QED) is 0.448. The number of hydrogen-bond donors (Lipinski definition) is 0. The molecule has 1 unspecified atom stereocenters. The summed E-state index contributed by atoms with van der Waals surface area (Å²) in [4.78, 5) is 0. The smallest absolute Gasteiger partial charge is 0.0759 e. The van der Waals surface area contributed by atoms with E-state index < -0.39 is 0 Å². The van der Waals surface area contributed by atoms with Gasteiger partial charge in [0.15, 0.2) is 0 Å². The van der Waals surface area contributed by atoms with Crippen LogP contribution in [-0.2, 0) is 4.74 Å². The predicted octanol–water partition coefficient (Wildman–Crippen LogP) is 1.88. The first-order valence-electron chi connectivity index (χ1n) is 3.77. The van der Waals surface area contributed by atoms with Gasteiger partial charge in [0, 0.05) is 0 Å². The van der Waals surface area contributed by atoms with Crippen molar-refractivity contribution in [3.8, 4) is 0 Å². The molecule has 2 rings (SSSR count). The van der Waals surface area contributed by atoms with Crippen molar-refractivity contribution < 1.29 is 4.74 Å². The molecule has 2 bridgehead atoms. The summed E-state index contributed by atoms with van der Waals surface area (Å²) in [5.74, 6) is 0. The fourth-order valence-electron chi connectivity index (χ4n) is 1.63. The van der Waals surface area contributed by atoms with Crippen LogP contribution in [0.4, 0.5) is 0 Å². The zero-order valence-corrected chi connectivity index (χ0v) is 5.55. The molecular weight excluding hydrogens is 112 g/mol. The second-order valence-electron chi connectivity index (χ2n) is 2.89. The van der Waals surface area contributed by atoms with Crippen LogP contribution in [0, 0.1) is 0 Å². The largest absolute Gasteiger partial charge is 0.371 e. The molecule has 1 nitrogen and oxygen atoms in total. The molecule has 1 heteroatoms. The Labute approximate surface area is 55.7 Å². The summed E-state index contributed by atoms with van der Waals surface area (Å²) in [7, 11) is 0.